The number of aryl methyl sites for hydroxylation is 3. The van der Waals surface area contributed by atoms with E-state index in [1.807, 2.05) is 75.4 Å². The smallest absolute Gasteiger partial charge is 0.269 e. The Labute approximate surface area is 217 Å². The van der Waals surface area contributed by atoms with Crippen molar-refractivity contribution in [2.45, 2.75) is 26.4 Å². The van der Waals surface area contributed by atoms with Crippen molar-refractivity contribution in [3.05, 3.63) is 89.0 Å². The highest BCUT2D eigenvalue weighted by molar-refractivity contribution is 5.96. The molecule has 8 nitrogen and oxygen atoms in total. The molecule has 0 aliphatic rings. The molecule has 0 aliphatic carbocycles. The Morgan fingerprint density at radius 2 is 1.70 bits per heavy atom. The third-order valence-corrected chi connectivity index (χ3v) is 6.59. The third kappa shape index (κ3) is 5.49. The Kier molecular flexibility index (Phi) is 7.31. The number of carbonyl (C=O) groups is 2. The van der Waals surface area contributed by atoms with E-state index < -0.39 is 0 Å². The zero-order valence-electron chi connectivity index (χ0n) is 22.2. The van der Waals surface area contributed by atoms with Crippen molar-refractivity contribution in [3.63, 3.8) is 0 Å². The Bertz CT molecular complexity index is 1460. The van der Waals surface area contributed by atoms with Gasteiger partial charge < -0.3 is 20.5 Å². The standard InChI is InChI=1S/C29H34N6O2/c1-18-7-8-20(14-30)9-26(18)28(36)32-19(2)21-10-22(12-23(11-21)25-15-31-35(6)17-25)24-13-27(34(5)16-24)29(37)33(3)4/h7-13,15-17,19H,14,30H2,1-6H3,(H,32,36). The fraction of sp³-hybridized carbons (Fsp3) is 0.276. The van der Waals surface area contributed by atoms with Gasteiger partial charge in [-0.2, -0.15) is 5.10 Å². The zero-order chi connectivity index (χ0) is 26.9. The minimum absolute atomic E-state index is 0.0619. The second-order valence-corrected chi connectivity index (χ2v) is 9.72. The van der Waals surface area contributed by atoms with Crippen LogP contribution in [-0.2, 0) is 20.6 Å². The van der Waals surface area contributed by atoms with Crippen LogP contribution in [0.15, 0.2) is 61.1 Å². The van der Waals surface area contributed by atoms with Crippen molar-refractivity contribution in [2.24, 2.45) is 19.8 Å². The summed E-state index contributed by atoms with van der Waals surface area (Å²) in [7, 11) is 7.23. The number of hydrogen-bond acceptors (Lipinski definition) is 4. The van der Waals surface area contributed by atoms with Crippen molar-refractivity contribution in [2.75, 3.05) is 14.1 Å². The van der Waals surface area contributed by atoms with Crippen molar-refractivity contribution in [3.8, 4) is 22.3 Å². The lowest BCUT2D eigenvalue weighted by atomic mass is 9.95. The summed E-state index contributed by atoms with van der Waals surface area (Å²) in [6.07, 6.45) is 5.73. The van der Waals surface area contributed by atoms with Crippen LogP contribution in [0, 0.1) is 6.92 Å². The van der Waals surface area contributed by atoms with Crippen LogP contribution in [0.4, 0.5) is 0 Å². The second kappa shape index (κ2) is 10.4. The monoisotopic (exact) mass is 498 g/mol. The van der Waals surface area contributed by atoms with Gasteiger partial charge in [0.2, 0.25) is 0 Å². The highest BCUT2D eigenvalue weighted by Crippen LogP contribution is 2.32. The van der Waals surface area contributed by atoms with Gasteiger partial charge in [-0.15, -0.1) is 0 Å². The maximum atomic E-state index is 13.2. The van der Waals surface area contributed by atoms with Gasteiger partial charge in [-0.25, -0.2) is 0 Å². The molecule has 0 fully saturated rings. The largest absolute Gasteiger partial charge is 0.346 e. The maximum absolute atomic E-state index is 13.2. The first-order valence-electron chi connectivity index (χ1n) is 12.2. The van der Waals surface area contributed by atoms with Gasteiger partial charge in [0.15, 0.2) is 0 Å². The van der Waals surface area contributed by atoms with Gasteiger partial charge in [-0.1, -0.05) is 12.1 Å². The summed E-state index contributed by atoms with van der Waals surface area (Å²) in [5.74, 6) is -0.208. The Morgan fingerprint density at radius 3 is 2.32 bits per heavy atom. The number of nitrogens with one attached hydrogen (secondary N) is 1. The van der Waals surface area contributed by atoms with E-state index >= 15 is 0 Å². The minimum atomic E-state index is -0.268. The fourth-order valence-corrected chi connectivity index (χ4v) is 4.37. The summed E-state index contributed by atoms with van der Waals surface area (Å²) in [6.45, 7) is 4.27. The van der Waals surface area contributed by atoms with E-state index in [1.54, 1.807) is 23.7 Å². The molecule has 0 spiro atoms. The Morgan fingerprint density at radius 1 is 1.00 bits per heavy atom. The number of carbonyl (C=O) groups excluding carboxylic acids is 2. The number of hydrogen-bond donors (Lipinski definition) is 2. The molecule has 2 aromatic heterocycles. The van der Waals surface area contributed by atoms with Gasteiger partial charge >= 0.3 is 0 Å². The average molecular weight is 499 g/mol. The highest BCUT2D eigenvalue weighted by atomic mass is 16.2. The molecule has 192 valence electrons. The molecule has 0 saturated carbocycles. The topological polar surface area (TPSA) is 98.2 Å². The molecule has 2 amide bonds. The van der Waals surface area contributed by atoms with Gasteiger partial charge in [0, 0.05) is 63.8 Å². The second-order valence-electron chi connectivity index (χ2n) is 9.72. The molecule has 4 rings (SSSR count). The molecular formula is C29H34N6O2. The molecule has 8 heteroatoms. The SMILES string of the molecule is Cc1ccc(CN)cc1C(=O)NC(C)c1cc(-c2cnn(C)c2)cc(-c2cc(C(=O)N(C)C)n(C)c2)c1. The van der Waals surface area contributed by atoms with E-state index in [0.717, 1.165) is 38.9 Å². The van der Waals surface area contributed by atoms with Gasteiger partial charge in [0.1, 0.15) is 5.69 Å². The normalized spacial score (nSPS) is 11.9. The van der Waals surface area contributed by atoms with E-state index in [4.69, 9.17) is 5.73 Å². The summed E-state index contributed by atoms with van der Waals surface area (Å²) in [6, 6.07) is 13.6. The molecular weight excluding hydrogens is 464 g/mol. The summed E-state index contributed by atoms with van der Waals surface area (Å²) in [5.41, 5.74) is 13.6. The van der Waals surface area contributed by atoms with Gasteiger partial charge in [-0.3, -0.25) is 14.3 Å². The maximum Gasteiger partial charge on any atom is 0.269 e. The van der Waals surface area contributed by atoms with Crippen LogP contribution in [-0.4, -0.2) is 45.2 Å². The number of aromatic nitrogens is 3. The van der Waals surface area contributed by atoms with Gasteiger partial charge in [-0.05, 0) is 72.0 Å². The van der Waals surface area contributed by atoms with Crippen LogP contribution in [0.2, 0.25) is 0 Å². The van der Waals surface area contributed by atoms with Crippen molar-refractivity contribution in [1.29, 1.82) is 0 Å². The first kappa shape index (κ1) is 25.9. The van der Waals surface area contributed by atoms with Crippen LogP contribution in [0.1, 0.15) is 50.5 Å². The predicted molar refractivity (Wildman–Crippen MR) is 146 cm³/mol. The quantitative estimate of drug-likeness (QED) is 0.402. The minimum Gasteiger partial charge on any atom is -0.346 e. The van der Waals surface area contributed by atoms with E-state index in [2.05, 4.69) is 28.6 Å². The molecule has 3 N–H and O–H groups in total. The van der Waals surface area contributed by atoms with E-state index in [9.17, 15) is 9.59 Å². The summed E-state index contributed by atoms with van der Waals surface area (Å²) >= 11 is 0. The summed E-state index contributed by atoms with van der Waals surface area (Å²) in [5, 5.41) is 7.48. The van der Waals surface area contributed by atoms with Crippen LogP contribution in [0.5, 0.6) is 0 Å². The van der Waals surface area contributed by atoms with Crippen molar-refractivity contribution in [1.82, 2.24) is 24.6 Å². The average Bonchev–Trinajstić information content (AvgIpc) is 3.49. The third-order valence-electron chi connectivity index (χ3n) is 6.59. The van der Waals surface area contributed by atoms with Gasteiger partial charge in [0.25, 0.3) is 11.8 Å². The molecule has 2 aromatic carbocycles. The molecule has 0 bridgehead atoms. The number of nitrogens with zero attached hydrogens (tertiary/aromatic N) is 4. The van der Waals surface area contributed by atoms with Gasteiger partial charge in [0.05, 0.1) is 12.2 Å². The first-order chi connectivity index (χ1) is 17.6. The molecule has 0 saturated heterocycles. The van der Waals surface area contributed by atoms with Crippen molar-refractivity contribution < 1.29 is 9.59 Å². The van der Waals surface area contributed by atoms with E-state index in [0.29, 0.717) is 17.8 Å². The summed E-state index contributed by atoms with van der Waals surface area (Å²) in [4.78, 5) is 27.4. The van der Waals surface area contributed by atoms with Crippen LogP contribution in [0.3, 0.4) is 0 Å². The fourth-order valence-electron chi connectivity index (χ4n) is 4.37. The first-order valence-corrected chi connectivity index (χ1v) is 12.2. The van der Waals surface area contributed by atoms with Crippen LogP contribution < -0.4 is 11.1 Å². The lowest BCUT2D eigenvalue weighted by Gasteiger charge is -2.18. The molecule has 2 heterocycles. The molecule has 1 atom stereocenters. The molecule has 4 aromatic rings. The number of nitrogens with two attached hydrogens (primary N) is 1. The predicted octanol–water partition coefficient (Wildman–Crippen LogP) is 4.05. The van der Waals surface area contributed by atoms with Crippen LogP contribution >= 0.6 is 0 Å². The Balaban J connectivity index is 1.73. The molecule has 0 radical (unpaired) electrons. The molecule has 1 unspecified atom stereocenters. The molecule has 37 heavy (non-hydrogen) atoms. The number of benzene rings is 2. The molecule has 0 aliphatic heterocycles. The lowest BCUT2D eigenvalue weighted by molar-refractivity contribution is 0.0818. The van der Waals surface area contributed by atoms with E-state index in [1.165, 1.54) is 0 Å². The summed E-state index contributed by atoms with van der Waals surface area (Å²) < 4.78 is 3.60. The number of amides is 2. The Hall–Kier alpha value is -4.17. The lowest BCUT2D eigenvalue weighted by Crippen LogP contribution is -2.27. The zero-order valence-corrected chi connectivity index (χ0v) is 22.2. The highest BCUT2D eigenvalue weighted by Gasteiger charge is 2.19. The van der Waals surface area contributed by atoms with Crippen molar-refractivity contribution >= 4 is 11.8 Å². The van der Waals surface area contributed by atoms with Crippen LogP contribution in [0.25, 0.3) is 22.3 Å². The number of rotatable bonds is 7. The van der Waals surface area contributed by atoms with E-state index in [-0.39, 0.29) is 17.9 Å².